The Kier molecular flexibility index (Phi) is 2.95. The van der Waals surface area contributed by atoms with E-state index >= 15 is 0 Å². The summed E-state index contributed by atoms with van der Waals surface area (Å²) in [7, 11) is 1.77. The highest BCUT2D eigenvalue weighted by Crippen LogP contribution is 2.22. The number of nitrogens with one attached hydrogen (secondary N) is 1. The van der Waals surface area contributed by atoms with E-state index in [2.05, 4.69) is 10.4 Å². The molecule has 0 saturated carbocycles. The van der Waals surface area contributed by atoms with Gasteiger partial charge in [0.05, 0.1) is 6.20 Å². The smallest absolute Gasteiger partial charge is 0.151 e. The lowest BCUT2D eigenvalue weighted by Gasteiger charge is -2.08. The molecule has 0 saturated heterocycles. The van der Waals surface area contributed by atoms with Crippen LogP contribution >= 0.6 is 0 Å². The number of anilines is 2. The number of nitrogen functional groups attached to an aromatic ring is 1. The zero-order chi connectivity index (χ0) is 12.4. The minimum absolute atomic E-state index is 0.0620. The Balaban J connectivity index is 2.14. The highest BCUT2D eigenvalue weighted by molar-refractivity contribution is 5.54. The summed E-state index contributed by atoms with van der Waals surface area (Å²) < 4.78 is 28.4. The van der Waals surface area contributed by atoms with Crippen LogP contribution in [0, 0.1) is 11.6 Å². The predicted molar refractivity (Wildman–Crippen MR) is 61.3 cm³/mol. The minimum Gasteiger partial charge on any atom is -0.399 e. The molecule has 0 aliphatic rings. The topological polar surface area (TPSA) is 55.9 Å². The molecule has 2 rings (SSSR count). The van der Waals surface area contributed by atoms with Crippen molar-refractivity contribution < 1.29 is 8.78 Å². The van der Waals surface area contributed by atoms with Crippen LogP contribution in [0.2, 0.25) is 0 Å². The number of aryl methyl sites for hydroxylation is 1. The quantitative estimate of drug-likeness (QED) is 0.803. The minimum atomic E-state index is -0.702. The van der Waals surface area contributed by atoms with Crippen molar-refractivity contribution in [3.8, 4) is 0 Å². The molecule has 2 aromatic rings. The van der Waals surface area contributed by atoms with Gasteiger partial charge in [-0.2, -0.15) is 5.10 Å². The highest BCUT2D eigenvalue weighted by Gasteiger charge is 2.10. The number of halogens is 2. The van der Waals surface area contributed by atoms with Crippen LogP contribution in [0.15, 0.2) is 24.5 Å². The van der Waals surface area contributed by atoms with Gasteiger partial charge in [0.15, 0.2) is 11.6 Å². The first-order chi connectivity index (χ1) is 8.06. The van der Waals surface area contributed by atoms with Crippen molar-refractivity contribution >= 4 is 11.4 Å². The first-order valence-corrected chi connectivity index (χ1v) is 5.02. The van der Waals surface area contributed by atoms with E-state index in [1.54, 1.807) is 24.1 Å². The zero-order valence-corrected chi connectivity index (χ0v) is 9.24. The molecule has 0 amide bonds. The molecule has 6 heteroatoms. The fourth-order valence-electron chi connectivity index (χ4n) is 1.52. The van der Waals surface area contributed by atoms with Crippen molar-refractivity contribution in [1.29, 1.82) is 0 Å². The highest BCUT2D eigenvalue weighted by atomic mass is 19.1. The van der Waals surface area contributed by atoms with E-state index in [1.165, 1.54) is 0 Å². The second kappa shape index (κ2) is 4.40. The molecule has 0 unspecified atom stereocenters. The molecule has 0 atom stereocenters. The molecule has 1 aromatic carbocycles. The second-order valence-electron chi connectivity index (χ2n) is 3.74. The lowest BCUT2D eigenvalue weighted by Crippen LogP contribution is -2.04. The summed E-state index contributed by atoms with van der Waals surface area (Å²) in [5, 5.41) is 6.64. The van der Waals surface area contributed by atoms with Crippen molar-refractivity contribution in [1.82, 2.24) is 9.78 Å². The van der Waals surface area contributed by atoms with Crippen molar-refractivity contribution in [3.63, 3.8) is 0 Å². The Morgan fingerprint density at radius 1 is 1.35 bits per heavy atom. The SMILES string of the molecule is Cn1cc(CNc2c(F)cc(N)cc2F)cn1. The fourth-order valence-corrected chi connectivity index (χ4v) is 1.52. The van der Waals surface area contributed by atoms with Gasteiger partial charge in [0, 0.05) is 31.0 Å². The number of hydrogen-bond acceptors (Lipinski definition) is 3. The largest absolute Gasteiger partial charge is 0.399 e. The van der Waals surface area contributed by atoms with E-state index in [1.807, 2.05) is 0 Å². The van der Waals surface area contributed by atoms with Crippen molar-refractivity contribution in [2.24, 2.45) is 7.05 Å². The van der Waals surface area contributed by atoms with Crippen LogP contribution in [0.5, 0.6) is 0 Å². The number of hydrogen-bond donors (Lipinski definition) is 2. The molecular formula is C11H12F2N4. The van der Waals surface area contributed by atoms with Gasteiger partial charge in [0.25, 0.3) is 0 Å². The lowest BCUT2D eigenvalue weighted by atomic mass is 10.2. The monoisotopic (exact) mass is 238 g/mol. The third-order valence-corrected chi connectivity index (χ3v) is 2.29. The number of aromatic nitrogens is 2. The summed E-state index contributed by atoms with van der Waals surface area (Å²) in [6.07, 6.45) is 3.39. The number of nitrogens with zero attached hydrogens (tertiary/aromatic N) is 2. The maximum absolute atomic E-state index is 13.4. The molecule has 0 fully saturated rings. The van der Waals surface area contributed by atoms with Gasteiger partial charge in [0.2, 0.25) is 0 Å². The van der Waals surface area contributed by atoms with Crippen LogP contribution in [-0.2, 0) is 13.6 Å². The molecule has 0 aliphatic heterocycles. The Labute approximate surface area is 97.0 Å². The number of rotatable bonds is 3. The van der Waals surface area contributed by atoms with Crippen molar-refractivity contribution in [3.05, 3.63) is 41.7 Å². The lowest BCUT2D eigenvalue weighted by molar-refractivity contribution is 0.589. The van der Waals surface area contributed by atoms with E-state index in [0.29, 0.717) is 6.54 Å². The van der Waals surface area contributed by atoms with Crippen LogP contribution in [0.1, 0.15) is 5.56 Å². The van der Waals surface area contributed by atoms with E-state index in [0.717, 1.165) is 17.7 Å². The molecule has 0 radical (unpaired) electrons. The third kappa shape index (κ3) is 2.52. The van der Waals surface area contributed by atoms with Gasteiger partial charge in [-0.3, -0.25) is 4.68 Å². The predicted octanol–water partition coefficient (Wildman–Crippen LogP) is 1.89. The average Bonchev–Trinajstić information content (AvgIpc) is 2.62. The average molecular weight is 238 g/mol. The molecule has 1 aromatic heterocycles. The van der Waals surface area contributed by atoms with Gasteiger partial charge in [-0.15, -0.1) is 0 Å². The van der Waals surface area contributed by atoms with Crippen LogP contribution in [-0.4, -0.2) is 9.78 Å². The van der Waals surface area contributed by atoms with E-state index in [-0.39, 0.29) is 11.4 Å². The third-order valence-electron chi connectivity index (χ3n) is 2.29. The first-order valence-electron chi connectivity index (χ1n) is 5.02. The number of benzene rings is 1. The Morgan fingerprint density at radius 2 is 2.00 bits per heavy atom. The Morgan fingerprint density at radius 3 is 2.53 bits per heavy atom. The number of nitrogens with two attached hydrogens (primary N) is 1. The van der Waals surface area contributed by atoms with Gasteiger partial charge < -0.3 is 11.1 Å². The zero-order valence-electron chi connectivity index (χ0n) is 9.24. The summed E-state index contributed by atoms with van der Waals surface area (Å²) in [4.78, 5) is 0. The maximum Gasteiger partial charge on any atom is 0.151 e. The van der Waals surface area contributed by atoms with Crippen molar-refractivity contribution in [2.45, 2.75) is 6.54 Å². The summed E-state index contributed by atoms with van der Waals surface area (Å²) in [5.74, 6) is -1.40. The summed E-state index contributed by atoms with van der Waals surface area (Å²) >= 11 is 0. The van der Waals surface area contributed by atoms with E-state index in [4.69, 9.17) is 5.73 Å². The standard InChI is InChI=1S/C11H12F2N4/c1-17-6-7(5-16-17)4-15-11-9(12)2-8(14)3-10(11)13/h2-3,5-6,15H,4,14H2,1H3. The van der Waals surface area contributed by atoms with Crippen LogP contribution in [0.25, 0.3) is 0 Å². The summed E-state index contributed by atoms with van der Waals surface area (Å²) in [6, 6.07) is 2.16. The maximum atomic E-state index is 13.4. The van der Waals surface area contributed by atoms with Crippen LogP contribution < -0.4 is 11.1 Å². The van der Waals surface area contributed by atoms with Crippen molar-refractivity contribution in [2.75, 3.05) is 11.1 Å². The van der Waals surface area contributed by atoms with Crippen LogP contribution in [0.3, 0.4) is 0 Å². The molecule has 3 N–H and O–H groups in total. The second-order valence-corrected chi connectivity index (χ2v) is 3.74. The van der Waals surface area contributed by atoms with Gasteiger partial charge >= 0.3 is 0 Å². The molecule has 0 spiro atoms. The Bertz CT molecular complexity index is 513. The normalized spacial score (nSPS) is 10.5. The van der Waals surface area contributed by atoms with Gasteiger partial charge in [0.1, 0.15) is 5.69 Å². The fraction of sp³-hybridized carbons (Fsp3) is 0.182. The van der Waals surface area contributed by atoms with Gasteiger partial charge in [-0.25, -0.2) is 8.78 Å². The Hall–Kier alpha value is -2.11. The van der Waals surface area contributed by atoms with E-state index in [9.17, 15) is 8.78 Å². The molecule has 0 bridgehead atoms. The molecule has 0 aliphatic carbocycles. The molecule has 90 valence electrons. The van der Waals surface area contributed by atoms with E-state index < -0.39 is 11.6 Å². The summed E-state index contributed by atoms with van der Waals surface area (Å²) in [5.41, 5.74) is 6.04. The molecule has 17 heavy (non-hydrogen) atoms. The van der Waals surface area contributed by atoms with Gasteiger partial charge in [-0.05, 0) is 12.1 Å². The molecule has 4 nitrogen and oxygen atoms in total. The summed E-state index contributed by atoms with van der Waals surface area (Å²) in [6.45, 7) is 0.297. The first kappa shape index (κ1) is 11.4. The van der Waals surface area contributed by atoms with Gasteiger partial charge in [-0.1, -0.05) is 0 Å². The molecular weight excluding hydrogens is 226 g/mol. The molecule has 1 heterocycles. The van der Waals surface area contributed by atoms with Crippen LogP contribution in [0.4, 0.5) is 20.2 Å².